The van der Waals surface area contributed by atoms with Gasteiger partial charge in [-0.2, -0.15) is 9.30 Å². The number of hydrogen-bond acceptors (Lipinski definition) is 5. The lowest BCUT2D eigenvalue weighted by atomic mass is 10.0. The molecule has 3 rings (SSSR count). The molecule has 1 atom stereocenters. The van der Waals surface area contributed by atoms with E-state index in [0.29, 0.717) is 24.4 Å². The largest absolute Gasteiger partial charge is 0.492 e. The van der Waals surface area contributed by atoms with Crippen LogP contribution in [-0.4, -0.2) is 48.6 Å². The number of hydrogen-bond donors (Lipinski definition) is 0. The summed E-state index contributed by atoms with van der Waals surface area (Å²) in [5, 5.41) is 0. The van der Waals surface area contributed by atoms with Crippen LogP contribution in [0.4, 0.5) is 0 Å². The number of carbonyl (C=O) groups excluding carboxylic acids is 1. The van der Waals surface area contributed by atoms with Gasteiger partial charge in [0.15, 0.2) is 4.80 Å². The molecular weight excluding hydrogens is 374 g/mol. The van der Waals surface area contributed by atoms with Crippen LogP contribution in [0.5, 0.6) is 5.75 Å². The number of amides is 1. The Balaban J connectivity index is 2.03. The second-order valence-electron chi connectivity index (χ2n) is 6.31. The molecule has 0 spiro atoms. The van der Waals surface area contributed by atoms with Crippen molar-refractivity contribution in [1.29, 1.82) is 0 Å². The van der Waals surface area contributed by atoms with Crippen LogP contribution < -0.4 is 9.54 Å². The number of aromatic nitrogens is 1. The van der Waals surface area contributed by atoms with Crippen molar-refractivity contribution >= 4 is 37.5 Å². The third-order valence-corrected chi connectivity index (χ3v) is 6.84. The molecule has 1 saturated heterocycles. The van der Waals surface area contributed by atoms with Gasteiger partial charge in [0.05, 0.1) is 17.6 Å². The van der Waals surface area contributed by atoms with Crippen molar-refractivity contribution in [1.82, 2.24) is 8.87 Å². The number of ether oxygens (including phenoxy) is 1. The van der Waals surface area contributed by atoms with Crippen molar-refractivity contribution in [2.75, 3.05) is 19.4 Å². The van der Waals surface area contributed by atoms with Crippen molar-refractivity contribution in [3.8, 4) is 5.75 Å². The van der Waals surface area contributed by atoms with Crippen molar-refractivity contribution in [3.05, 3.63) is 23.0 Å². The van der Waals surface area contributed by atoms with Gasteiger partial charge in [-0.25, -0.2) is 8.42 Å². The van der Waals surface area contributed by atoms with Crippen LogP contribution >= 0.6 is 11.3 Å². The molecule has 1 unspecified atom stereocenters. The Morgan fingerprint density at radius 2 is 2.15 bits per heavy atom. The number of aryl methyl sites for hydroxylation is 1. The van der Waals surface area contributed by atoms with Crippen LogP contribution in [0.1, 0.15) is 26.2 Å². The fourth-order valence-electron chi connectivity index (χ4n) is 3.26. The molecule has 0 aliphatic carbocycles. The molecule has 26 heavy (non-hydrogen) atoms. The van der Waals surface area contributed by atoms with Crippen molar-refractivity contribution < 1.29 is 17.9 Å². The maximum atomic E-state index is 12.8. The number of piperidine rings is 1. The van der Waals surface area contributed by atoms with E-state index < -0.39 is 22.0 Å². The van der Waals surface area contributed by atoms with Gasteiger partial charge in [-0.3, -0.25) is 4.79 Å². The fraction of sp³-hybridized carbons (Fsp3) is 0.529. The lowest BCUT2D eigenvalue weighted by Crippen LogP contribution is -2.47. The summed E-state index contributed by atoms with van der Waals surface area (Å²) in [5.74, 6) is 0.336. The summed E-state index contributed by atoms with van der Waals surface area (Å²) < 4.78 is 33.7. The van der Waals surface area contributed by atoms with Crippen LogP contribution in [0, 0.1) is 0 Å². The van der Waals surface area contributed by atoms with Gasteiger partial charge in [0.25, 0.3) is 5.91 Å². The minimum atomic E-state index is -3.43. The summed E-state index contributed by atoms with van der Waals surface area (Å²) in [6, 6.07) is 5.03. The molecule has 9 heteroatoms. The molecule has 1 aromatic heterocycles. The summed E-state index contributed by atoms with van der Waals surface area (Å²) in [5.41, 5.74) is 0.884. The third-order valence-electron chi connectivity index (χ3n) is 4.46. The van der Waals surface area contributed by atoms with Gasteiger partial charge in [-0.15, -0.1) is 0 Å². The van der Waals surface area contributed by atoms with E-state index in [4.69, 9.17) is 4.74 Å². The van der Waals surface area contributed by atoms with Crippen LogP contribution in [0.2, 0.25) is 0 Å². The predicted molar refractivity (Wildman–Crippen MR) is 102 cm³/mol. The zero-order valence-corrected chi connectivity index (χ0v) is 16.8. The van der Waals surface area contributed by atoms with Gasteiger partial charge in [-0.05, 0) is 31.9 Å². The topological polar surface area (TPSA) is 81.0 Å². The average Bonchev–Trinajstić information content (AvgIpc) is 2.91. The maximum absolute atomic E-state index is 12.8. The second kappa shape index (κ2) is 7.50. The molecule has 1 aliphatic rings. The van der Waals surface area contributed by atoms with E-state index in [0.717, 1.165) is 35.1 Å². The third kappa shape index (κ3) is 3.70. The summed E-state index contributed by atoms with van der Waals surface area (Å²) in [4.78, 5) is 17.6. The van der Waals surface area contributed by atoms with Gasteiger partial charge >= 0.3 is 0 Å². The SMILES string of the molecule is CCOc1cccc2sc(=NC(=O)C3CCCCN3S(C)(=O)=O)n(C)c12. The summed E-state index contributed by atoms with van der Waals surface area (Å²) >= 11 is 1.39. The Bertz CT molecular complexity index is 991. The number of para-hydroxylation sites is 1. The van der Waals surface area contributed by atoms with Crippen molar-refractivity contribution in [2.45, 2.75) is 32.2 Å². The van der Waals surface area contributed by atoms with Crippen molar-refractivity contribution in [3.63, 3.8) is 0 Å². The predicted octanol–water partition coefficient (Wildman–Crippen LogP) is 1.88. The Morgan fingerprint density at radius 1 is 1.38 bits per heavy atom. The standard InChI is InChI=1S/C17H23N3O4S2/c1-4-24-13-9-7-10-14-15(13)19(2)17(25-14)18-16(21)12-8-5-6-11-20(12)26(3,22)23/h7,9-10,12H,4-6,8,11H2,1-3H3. The summed E-state index contributed by atoms with van der Waals surface area (Å²) in [7, 11) is -1.60. The van der Waals surface area contributed by atoms with Gasteiger partial charge in [0.2, 0.25) is 10.0 Å². The van der Waals surface area contributed by atoms with Gasteiger partial charge in [0.1, 0.15) is 17.3 Å². The fourth-order valence-corrected chi connectivity index (χ4v) is 5.42. The van der Waals surface area contributed by atoms with Gasteiger partial charge in [-0.1, -0.05) is 23.8 Å². The van der Waals surface area contributed by atoms with E-state index in [2.05, 4.69) is 4.99 Å². The quantitative estimate of drug-likeness (QED) is 0.789. The molecule has 0 N–H and O–H groups in total. The number of fused-ring (bicyclic) bond motifs is 1. The lowest BCUT2D eigenvalue weighted by molar-refractivity contribution is -0.122. The summed E-state index contributed by atoms with van der Waals surface area (Å²) in [6.45, 7) is 2.84. The highest BCUT2D eigenvalue weighted by atomic mass is 32.2. The monoisotopic (exact) mass is 397 g/mol. The highest BCUT2D eigenvalue weighted by Gasteiger charge is 2.34. The number of benzene rings is 1. The molecule has 2 heterocycles. The minimum absolute atomic E-state index is 0.373. The zero-order chi connectivity index (χ0) is 18.9. The first-order valence-corrected chi connectivity index (χ1v) is 11.3. The van der Waals surface area contributed by atoms with E-state index in [1.54, 1.807) is 0 Å². The first kappa shape index (κ1) is 19.1. The van der Waals surface area contributed by atoms with Crippen LogP contribution in [-0.2, 0) is 21.9 Å². The number of rotatable bonds is 4. The number of sulfonamides is 1. The van der Waals surface area contributed by atoms with E-state index in [9.17, 15) is 13.2 Å². The van der Waals surface area contributed by atoms with Crippen LogP contribution in [0.3, 0.4) is 0 Å². The Hall–Kier alpha value is -1.71. The smallest absolute Gasteiger partial charge is 0.266 e. The molecule has 1 aromatic carbocycles. The minimum Gasteiger partial charge on any atom is -0.492 e. The second-order valence-corrected chi connectivity index (χ2v) is 9.26. The molecule has 1 amide bonds. The lowest BCUT2D eigenvalue weighted by Gasteiger charge is -2.31. The molecule has 0 radical (unpaired) electrons. The van der Waals surface area contributed by atoms with Crippen LogP contribution in [0.25, 0.3) is 10.2 Å². The molecular formula is C17H23N3O4S2. The maximum Gasteiger partial charge on any atom is 0.266 e. The highest BCUT2D eigenvalue weighted by Crippen LogP contribution is 2.27. The highest BCUT2D eigenvalue weighted by molar-refractivity contribution is 7.88. The normalized spacial score (nSPS) is 19.8. The Kier molecular flexibility index (Phi) is 5.50. The van der Waals surface area contributed by atoms with E-state index >= 15 is 0 Å². The van der Waals surface area contributed by atoms with Crippen LogP contribution in [0.15, 0.2) is 23.2 Å². The van der Waals surface area contributed by atoms with E-state index in [1.165, 1.54) is 15.6 Å². The zero-order valence-electron chi connectivity index (χ0n) is 15.1. The van der Waals surface area contributed by atoms with Crippen molar-refractivity contribution in [2.24, 2.45) is 12.0 Å². The first-order valence-electron chi connectivity index (χ1n) is 8.59. The van der Waals surface area contributed by atoms with E-state index in [-0.39, 0.29) is 0 Å². The molecule has 0 saturated carbocycles. The average molecular weight is 398 g/mol. The Labute approximate surface area is 157 Å². The molecule has 7 nitrogen and oxygen atoms in total. The van der Waals surface area contributed by atoms with Gasteiger partial charge < -0.3 is 9.30 Å². The van der Waals surface area contributed by atoms with Gasteiger partial charge in [0, 0.05) is 13.6 Å². The summed E-state index contributed by atoms with van der Waals surface area (Å²) in [6.07, 6.45) is 3.25. The number of thiazole rings is 1. The number of carbonyl (C=O) groups is 1. The Morgan fingerprint density at radius 3 is 2.85 bits per heavy atom. The molecule has 1 aliphatic heterocycles. The number of nitrogens with zero attached hydrogens (tertiary/aromatic N) is 3. The molecule has 2 aromatic rings. The van der Waals surface area contributed by atoms with E-state index in [1.807, 2.05) is 36.7 Å². The molecule has 1 fully saturated rings. The first-order chi connectivity index (χ1) is 12.3. The molecule has 142 valence electrons. The molecule has 0 bridgehead atoms.